The minimum absolute atomic E-state index is 0.0271. The molecule has 0 aromatic heterocycles. The fourth-order valence-electron chi connectivity index (χ4n) is 6.38. The first-order valence-electron chi connectivity index (χ1n) is 15.0. The van der Waals surface area contributed by atoms with Crippen LogP contribution >= 0.6 is 0 Å². The third-order valence-electron chi connectivity index (χ3n) is 8.67. The topological polar surface area (TPSA) is 74.4 Å². The van der Waals surface area contributed by atoms with E-state index in [0.717, 1.165) is 90.1 Å². The van der Waals surface area contributed by atoms with Crippen molar-refractivity contribution in [2.24, 2.45) is 0 Å². The summed E-state index contributed by atoms with van der Waals surface area (Å²) in [5.41, 5.74) is 5.36. The molecule has 2 aromatic rings. The number of piperidine rings is 1. The molecule has 40 heavy (non-hydrogen) atoms. The van der Waals surface area contributed by atoms with Crippen molar-refractivity contribution >= 4 is 17.7 Å². The van der Waals surface area contributed by atoms with Crippen molar-refractivity contribution in [3.63, 3.8) is 0 Å². The van der Waals surface area contributed by atoms with Gasteiger partial charge in [-0.1, -0.05) is 43.7 Å². The van der Waals surface area contributed by atoms with Gasteiger partial charge in [0.15, 0.2) is 0 Å². The summed E-state index contributed by atoms with van der Waals surface area (Å²) in [5, 5.41) is 3.39. The molecule has 2 saturated heterocycles. The van der Waals surface area contributed by atoms with Gasteiger partial charge >= 0.3 is 12.0 Å². The monoisotopic (exact) mass is 548 g/mol. The molecule has 2 aromatic carbocycles. The van der Waals surface area contributed by atoms with Crippen molar-refractivity contribution in [2.75, 3.05) is 57.9 Å². The van der Waals surface area contributed by atoms with Crippen LogP contribution in [-0.4, -0.2) is 86.9 Å². The largest absolute Gasteiger partial charge is 0.465 e. The van der Waals surface area contributed by atoms with Gasteiger partial charge in [-0.2, -0.15) is 0 Å². The quantitative estimate of drug-likeness (QED) is 0.522. The van der Waals surface area contributed by atoms with Gasteiger partial charge in [0.2, 0.25) is 0 Å². The van der Waals surface area contributed by atoms with E-state index in [4.69, 9.17) is 9.47 Å². The molecule has 0 saturated carbocycles. The van der Waals surface area contributed by atoms with Gasteiger partial charge < -0.3 is 24.6 Å². The van der Waals surface area contributed by atoms with Gasteiger partial charge in [0, 0.05) is 51.0 Å². The summed E-state index contributed by atoms with van der Waals surface area (Å²) in [6.45, 7) is 8.77. The average molecular weight is 549 g/mol. The molecule has 8 nitrogen and oxygen atoms in total. The molecule has 0 spiro atoms. The highest BCUT2D eigenvalue weighted by Gasteiger charge is 2.30. The first-order valence-corrected chi connectivity index (χ1v) is 15.0. The van der Waals surface area contributed by atoms with Crippen molar-refractivity contribution in [3.05, 3.63) is 64.7 Å². The van der Waals surface area contributed by atoms with E-state index < -0.39 is 0 Å². The third-order valence-corrected chi connectivity index (χ3v) is 8.67. The van der Waals surface area contributed by atoms with E-state index >= 15 is 0 Å². The highest BCUT2D eigenvalue weighted by Crippen LogP contribution is 2.30. The zero-order valence-corrected chi connectivity index (χ0v) is 24.1. The molecular weight excluding hydrogens is 504 g/mol. The Hall–Kier alpha value is -3.10. The average Bonchev–Trinajstić information content (AvgIpc) is 3.19. The zero-order valence-electron chi connectivity index (χ0n) is 24.1. The van der Waals surface area contributed by atoms with E-state index in [1.54, 1.807) is 0 Å². The Morgan fingerprint density at radius 2 is 1.77 bits per heavy atom. The fraction of sp³-hybridized carbons (Fsp3) is 0.562. The Balaban J connectivity index is 1.33. The van der Waals surface area contributed by atoms with Crippen LogP contribution in [0, 0.1) is 0 Å². The molecule has 1 unspecified atom stereocenters. The lowest BCUT2D eigenvalue weighted by molar-refractivity contribution is 0.00374. The van der Waals surface area contributed by atoms with Crippen molar-refractivity contribution in [1.82, 2.24) is 15.1 Å². The van der Waals surface area contributed by atoms with E-state index in [-0.39, 0.29) is 18.0 Å². The smallest absolute Gasteiger partial charge is 0.337 e. The number of carbonyl (C=O) groups is 2. The minimum atomic E-state index is -0.330. The van der Waals surface area contributed by atoms with E-state index in [1.807, 2.05) is 17.0 Å². The molecule has 0 bridgehead atoms. The Bertz CT molecular complexity index is 1160. The second-order valence-corrected chi connectivity index (χ2v) is 11.3. The lowest BCUT2D eigenvalue weighted by Crippen LogP contribution is -2.54. The lowest BCUT2D eigenvalue weighted by atomic mass is 10.0. The van der Waals surface area contributed by atoms with Crippen LogP contribution in [0.5, 0.6) is 0 Å². The van der Waals surface area contributed by atoms with Crippen LogP contribution in [0.1, 0.15) is 59.7 Å². The zero-order chi connectivity index (χ0) is 27.9. The molecule has 5 rings (SSSR count). The number of urea groups is 1. The molecular formula is C32H44N4O4. The van der Waals surface area contributed by atoms with Gasteiger partial charge in [0.05, 0.1) is 31.9 Å². The second-order valence-electron chi connectivity index (χ2n) is 11.3. The summed E-state index contributed by atoms with van der Waals surface area (Å²) in [5.74, 6) is -0.330. The van der Waals surface area contributed by atoms with Gasteiger partial charge in [0.1, 0.15) is 0 Å². The highest BCUT2D eigenvalue weighted by atomic mass is 16.5. The Morgan fingerprint density at radius 3 is 2.50 bits per heavy atom. The van der Waals surface area contributed by atoms with Gasteiger partial charge in [-0.25, -0.2) is 9.59 Å². The molecule has 216 valence electrons. The number of carbonyl (C=O) groups excluding carboxylic acids is 2. The number of benzene rings is 2. The van der Waals surface area contributed by atoms with Gasteiger partial charge in [-0.05, 0) is 60.9 Å². The van der Waals surface area contributed by atoms with E-state index in [2.05, 4.69) is 52.4 Å². The standard InChI is InChI=1S/C32H44N4O4/c1-3-4-7-24-10-11-26(31(37)39-2)21-30(24)36-22-27-9-6-5-8-25(27)20-28(23-36)33-32(38)35-14-12-29(13-15-35)34-16-18-40-19-17-34/h5-6,8-11,21,28-29H,3-4,7,12-20,22-23H2,1-2H3,(H,33,38). The number of rotatable bonds is 7. The van der Waals surface area contributed by atoms with Crippen molar-refractivity contribution in [3.8, 4) is 0 Å². The van der Waals surface area contributed by atoms with Gasteiger partial charge in [-0.15, -0.1) is 0 Å². The summed E-state index contributed by atoms with van der Waals surface area (Å²) in [4.78, 5) is 32.8. The van der Waals surface area contributed by atoms with Crippen LogP contribution in [0.25, 0.3) is 0 Å². The van der Waals surface area contributed by atoms with Gasteiger partial charge in [0.25, 0.3) is 0 Å². The molecule has 1 N–H and O–H groups in total. The number of fused-ring (bicyclic) bond motifs is 1. The summed E-state index contributed by atoms with van der Waals surface area (Å²) < 4.78 is 10.6. The van der Waals surface area contributed by atoms with Crippen LogP contribution < -0.4 is 10.2 Å². The van der Waals surface area contributed by atoms with E-state index in [0.29, 0.717) is 18.2 Å². The van der Waals surface area contributed by atoms with Crippen molar-refractivity contribution in [1.29, 1.82) is 0 Å². The van der Waals surface area contributed by atoms with Crippen molar-refractivity contribution < 1.29 is 19.1 Å². The van der Waals surface area contributed by atoms with Crippen molar-refractivity contribution in [2.45, 2.75) is 64.1 Å². The summed E-state index contributed by atoms with van der Waals surface area (Å²) in [6, 6.07) is 14.9. The molecule has 1 atom stereocenters. The number of ether oxygens (including phenoxy) is 2. The molecule has 3 heterocycles. The summed E-state index contributed by atoms with van der Waals surface area (Å²) in [7, 11) is 1.42. The maximum atomic E-state index is 13.5. The molecule has 2 fully saturated rings. The molecule has 0 radical (unpaired) electrons. The maximum Gasteiger partial charge on any atom is 0.337 e. The molecule has 0 aliphatic carbocycles. The Morgan fingerprint density at radius 1 is 1.02 bits per heavy atom. The third kappa shape index (κ3) is 6.78. The number of amides is 2. The number of hydrogen-bond acceptors (Lipinski definition) is 6. The van der Waals surface area contributed by atoms with Crippen LogP contribution in [0.3, 0.4) is 0 Å². The number of nitrogens with one attached hydrogen (secondary N) is 1. The highest BCUT2D eigenvalue weighted by molar-refractivity contribution is 5.91. The number of esters is 1. The van der Waals surface area contributed by atoms with E-state index in [9.17, 15) is 9.59 Å². The van der Waals surface area contributed by atoms with Crippen LogP contribution in [-0.2, 0) is 28.9 Å². The number of methoxy groups -OCH3 is 1. The number of likely N-dealkylation sites (tertiary alicyclic amines) is 1. The van der Waals surface area contributed by atoms with Gasteiger partial charge in [-0.3, -0.25) is 4.90 Å². The maximum absolute atomic E-state index is 13.5. The van der Waals surface area contributed by atoms with Crippen LogP contribution in [0.2, 0.25) is 0 Å². The van der Waals surface area contributed by atoms with Crippen LogP contribution in [0.4, 0.5) is 10.5 Å². The Kier molecular flexibility index (Phi) is 9.60. The number of nitrogens with zero attached hydrogens (tertiary/aromatic N) is 3. The normalized spacial score (nSPS) is 20.5. The SMILES string of the molecule is CCCCc1ccc(C(=O)OC)cc1N1Cc2ccccc2CC(NC(=O)N2CCC(N3CCOCC3)CC2)C1. The number of anilines is 1. The number of morpholine rings is 1. The molecule has 3 aliphatic heterocycles. The first-order chi connectivity index (χ1) is 19.6. The number of unbranched alkanes of at least 4 members (excludes halogenated alkanes) is 1. The molecule has 3 aliphatic rings. The lowest BCUT2D eigenvalue weighted by Gasteiger charge is -2.40. The number of aryl methyl sites for hydroxylation is 1. The van der Waals surface area contributed by atoms with E-state index in [1.165, 1.54) is 23.8 Å². The molecule has 2 amide bonds. The predicted octanol–water partition coefficient (Wildman–Crippen LogP) is 4.25. The summed E-state index contributed by atoms with van der Waals surface area (Å²) >= 11 is 0. The second kappa shape index (κ2) is 13.5. The molecule has 8 heteroatoms. The first kappa shape index (κ1) is 28.4. The van der Waals surface area contributed by atoms with Crippen LogP contribution in [0.15, 0.2) is 42.5 Å². The predicted molar refractivity (Wildman–Crippen MR) is 157 cm³/mol. The fourth-order valence-corrected chi connectivity index (χ4v) is 6.38. The Labute approximate surface area is 238 Å². The minimum Gasteiger partial charge on any atom is -0.465 e. The summed E-state index contributed by atoms with van der Waals surface area (Å²) in [6.07, 6.45) is 5.92. The number of hydrogen-bond donors (Lipinski definition) is 1.